The first-order valence-corrected chi connectivity index (χ1v) is 7.24. The Morgan fingerprint density at radius 1 is 1.09 bits per heavy atom. The maximum absolute atomic E-state index is 12.5. The van der Waals surface area contributed by atoms with E-state index in [1.165, 1.54) is 11.7 Å². The van der Waals surface area contributed by atoms with Crippen molar-refractivity contribution in [2.75, 3.05) is 12.8 Å². The van der Waals surface area contributed by atoms with Gasteiger partial charge in [0.1, 0.15) is 6.61 Å². The number of aryl methyl sites for hydroxylation is 1. The van der Waals surface area contributed by atoms with E-state index < -0.39 is 0 Å². The number of aromatic nitrogens is 1. The molecule has 5 heteroatoms. The first-order valence-electron chi connectivity index (χ1n) is 7.24. The smallest absolute Gasteiger partial charge is 0.297 e. The van der Waals surface area contributed by atoms with E-state index in [1.807, 2.05) is 36.4 Å². The molecule has 0 saturated carbocycles. The Labute approximate surface area is 133 Å². The van der Waals surface area contributed by atoms with Gasteiger partial charge in [0.25, 0.3) is 5.56 Å². The Morgan fingerprint density at radius 3 is 2.52 bits per heavy atom. The summed E-state index contributed by atoms with van der Waals surface area (Å²) >= 11 is 0. The van der Waals surface area contributed by atoms with E-state index in [2.05, 4.69) is 0 Å². The molecule has 2 N–H and O–H groups in total. The highest BCUT2D eigenvalue weighted by atomic mass is 16.5. The number of nitrogens with two attached hydrogens (primary N) is 1. The van der Waals surface area contributed by atoms with Gasteiger partial charge in [0.2, 0.25) is 5.75 Å². The van der Waals surface area contributed by atoms with Crippen molar-refractivity contribution in [1.82, 2.24) is 4.57 Å². The fourth-order valence-electron chi connectivity index (χ4n) is 2.55. The monoisotopic (exact) mass is 310 g/mol. The molecule has 1 heterocycles. The van der Waals surface area contributed by atoms with Crippen LogP contribution in [0, 0.1) is 0 Å². The van der Waals surface area contributed by atoms with E-state index in [0.29, 0.717) is 23.6 Å². The van der Waals surface area contributed by atoms with E-state index in [1.54, 1.807) is 19.2 Å². The summed E-state index contributed by atoms with van der Waals surface area (Å²) in [5.74, 6) is 0.634. The quantitative estimate of drug-likeness (QED) is 0.752. The fraction of sp³-hybridized carbons (Fsp3) is 0.167. The van der Waals surface area contributed by atoms with E-state index >= 15 is 0 Å². The Hall–Kier alpha value is -2.95. The van der Waals surface area contributed by atoms with Crippen molar-refractivity contribution in [3.8, 4) is 11.5 Å². The maximum atomic E-state index is 12.5. The molecule has 0 unspecified atom stereocenters. The van der Waals surface area contributed by atoms with Gasteiger partial charge in [-0.1, -0.05) is 30.3 Å². The molecule has 118 valence electrons. The lowest BCUT2D eigenvalue weighted by Gasteiger charge is -2.16. The van der Waals surface area contributed by atoms with Crippen LogP contribution in [0.4, 0.5) is 5.69 Å². The standard InChI is InChI=1S/C18H18N2O3/c1-20-15-10-13(19)8-9-14(15)16(17(22-2)18(20)21)23-11-12-6-4-3-5-7-12/h3-10H,11,19H2,1-2H3. The summed E-state index contributed by atoms with van der Waals surface area (Å²) in [6, 6.07) is 15.1. The van der Waals surface area contributed by atoms with Crippen LogP contribution in [0.1, 0.15) is 5.56 Å². The summed E-state index contributed by atoms with van der Waals surface area (Å²) in [6.07, 6.45) is 0. The first-order chi connectivity index (χ1) is 11.1. The largest absolute Gasteiger partial charge is 0.488 e. The van der Waals surface area contributed by atoms with Gasteiger partial charge in [-0.3, -0.25) is 4.79 Å². The van der Waals surface area contributed by atoms with Gasteiger partial charge in [0.15, 0.2) is 5.75 Å². The number of ether oxygens (including phenoxy) is 2. The average Bonchev–Trinajstić information content (AvgIpc) is 2.58. The molecule has 0 atom stereocenters. The van der Waals surface area contributed by atoms with Crippen LogP contribution in [-0.4, -0.2) is 11.7 Å². The van der Waals surface area contributed by atoms with Crippen LogP contribution in [0.5, 0.6) is 11.5 Å². The number of rotatable bonds is 4. The number of anilines is 1. The molecule has 0 saturated heterocycles. The summed E-state index contributed by atoms with van der Waals surface area (Å²) in [5.41, 5.74) is 7.89. The van der Waals surface area contributed by atoms with Crippen molar-refractivity contribution < 1.29 is 9.47 Å². The van der Waals surface area contributed by atoms with Crippen molar-refractivity contribution in [1.29, 1.82) is 0 Å². The molecule has 0 radical (unpaired) electrons. The molecular formula is C18H18N2O3. The highest BCUT2D eigenvalue weighted by Crippen LogP contribution is 2.33. The lowest BCUT2D eigenvalue weighted by Crippen LogP contribution is -2.20. The minimum absolute atomic E-state index is 0.195. The maximum Gasteiger partial charge on any atom is 0.297 e. The van der Waals surface area contributed by atoms with Gasteiger partial charge >= 0.3 is 0 Å². The topological polar surface area (TPSA) is 66.5 Å². The second-order valence-corrected chi connectivity index (χ2v) is 5.28. The number of nitrogen functional groups attached to an aromatic ring is 1. The van der Waals surface area contributed by atoms with Gasteiger partial charge in [0, 0.05) is 18.1 Å². The lowest BCUT2D eigenvalue weighted by molar-refractivity contribution is 0.285. The van der Waals surface area contributed by atoms with Crippen LogP contribution in [0.15, 0.2) is 53.3 Å². The zero-order chi connectivity index (χ0) is 16.4. The number of pyridine rings is 1. The zero-order valence-corrected chi connectivity index (χ0v) is 13.1. The second kappa shape index (κ2) is 6.04. The molecule has 3 rings (SSSR count). The van der Waals surface area contributed by atoms with E-state index in [-0.39, 0.29) is 11.3 Å². The molecule has 0 aliphatic heterocycles. The number of fused-ring (bicyclic) bond motifs is 1. The molecule has 0 spiro atoms. The summed E-state index contributed by atoms with van der Waals surface area (Å²) in [7, 11) is 3.16. The van der Waals surface area contributed by atoms with Gasteiger partial charge in [-0.05, 0) is 23.8 Å². The number of methoxy groups -OCH3 is 1. The molecule has 1 aromatic heterocycles. The Morgan fingerprint density at radius 2 is 1.83 bits per heavy atom. The average molecular weight is 310 g/mol. The molecule has 23 heavy (non-hydrogen) atoms. The normalized spacial score (nSPS) is 10.7. The number of hydrogen-bond donors (Lipinski definition) is 1. The van der Waals surface area contributed by atoms with Crippen molar-refractivity contribution in [2.24, 2.45) is 7.05 Å². The molecule has 0 amide bonds. The van der Waals surface area contributed by atoms with Crippen molar-refractivity contribution in [3.63, 3.8) is 0 Å². The van der Waals surface area contributed by atoms with Crippen molar-refractivity contribution in [2.45, 2.75) is 6.61 Å². The van der Waals surface area contributed by atoms with Crippen LogP contribution < -0.4 is 20.8 Å². The fourth-order valence-corrected chi connectivity index (χ4v) is 2.55. The lowest BCUT2D eigenvalue weighted by atomic mass is 10.1. The van der Waals surface area contributed by atoms with Crippen LogP contribution in [-0.2, 0) is 13.7 Å². The molecule has 3 aromatic rings. The molecule has 0 fully saturated rings. The van der Waals surface area contributed by atoms with E-state index in [0.717, 1.165) is 10.9 Å². The van der Waals surface area contributed by atoms with Crippen molar-refractivity contribution in [3.05, 3.63) is 64.4 Å². The first kappa shape index (κ1) is 15.0. The zero-order valence-electron chi connectivity index (χ0n) is 13.1. The van der Waals surface area contributed by atoms with Gasteiger partial charge in [-0.2, -0.15) is 0 Å². The minimum Gasteiger partial charge on any atom is -0.488 e. The number of hydrogen-bond acceptors (Lipinski definition) is 4. The van der Waals surface area contributed by atoms with Crippen LogP contribution >= 0.6 is 0 Å². The predicted molar refractivity (Wildman–Crippen MR) is 90.9 cm³/mol. The summed E-state index contributed by atoms with van der Waals surface area (Å²) in [6.45, 7) is 0.351. The molecular weight excluding hydrogens is 292 g/mol. The van der Waals surface area contributed by atoms with Gasteiger partial charge < -0.3 is 19.8 Å². The van der Waals surface area contributed by atoms with Crippen molar-refractivity contribution >= 4 is 16.6 Å². The second-order valence-electron chi connectivity index (χ2n) is 5.28. The Kier molecular flexibility index (Phi) is 3.93. The molecule has 2 aromatic carbocycles. The number of nitrogens with zero attached hydrogens (tertiary/aromatic N) is 1. The third-order valence-corrected chi connectivity index (χ3v) is 3.76. The SMILES string of the molecule is COc1c(OCc2ccccc2)c2ccc(N)cc2n(C)c1=O. The van der Waals surface area contributed by atoms with Crippen LogP contribution in [0.2, 0.25) is 0 Å². The Balaban J connectivity index is 2.14. The van der Waals surface area contributed by atoms with Crippen LogP contribution in [0.25, 0.3) is 10.9 Å². The summed E-state index contributed by atoms with van der Waals surface area (Å²) in [4.78, 5) is 12.5. The highest BCUT2D eigenvalue weighted by molar-refractivity contribution is 5.90. The molecule has 0 aliphatic carbocycles. The predicted octanol–water partition coefficient (Wildman–Crippen LogP) is 2.71. The van der Waals surface area contributed by atoms with Gasteiger partial charge in [-0.25, -0.2) is 0 Å². The van der Waals surface area contributed by atoms with Crippen LogP contribution in [0.3, 0.4) is 0 Å². The number of benzene rings is 2. The third kappa shape index (κ3) is 2.73. The molecule has 5 nitrogen and oxygen atoms in total. The van der Waals surface area contributed by atoms with E-state index in [4.69, 9.17) is 15.2 Å². The summed E-state index contributed by atoms with van der Waals surface area (Å²) < 4.78 is 12.7. The third-order valence-electron chi connectivity index (χ3n) is 3.76. The minimum atomic E-state index is -0.256. The summed E-state index contributed by atoms with van der Waals surface area (Å²) in [5, 5.41) is 0.786. The van der Waals surface area contributed by atoms with Gasteiger partial charge in [0.05, 0.1) is 12.6 Å². The van der Waals surface area contributed by atoms with E-state index in [9.17, 15) is 4.79 Å². The molecule has 0 bridgehead atoms. The highest BCUT2D eigenvalue weighted by Gasteiger charge is 2.17. The Bertz CT molecular complexity index is 902. The molecule has 0 aliphatic rings. The van der Waals surface area contributed by atoms with Gasteiger partial charge in [-0.15, -0.1) is 0 Å².